The first-order valence-electron chi connectivity index (χ1n) is 9.32. The molecule has 0 spiro atoms. The number of carbonyl (C=O) groups is 1. The summed E-state index contributed by atoms with van der Waals surface area (Å²) in [7, 11) is 3.86. The van der Waals surface area contributed by atoms with Crippen molar-refractivity contribution in [2.75, 3.05) is 19.0 Å². The number of benzene rings is 2. The van der Waals surface area contributed by atoms with Crippen molar-refractivity contribution in [3.63, 3.8) is 0 Å². The average Bonchev–Trinajstić information content (AvgIpc) is 3.23. The first-order chi connectivity index (χ1) is 14.9. The molecule has 0 atom stereocenters. The summed E-state index contributed by atoms with van der Waals surface area (Å²) in [5.74, 6) is -0.509. The highest BCUT2D eigenvalue weighted by Crippen LogP contribution is 2.18. The maximum absolute atomic E-state index is 12.9. The van der Waals surface area contributed by atoms with E-state index >= 15 is 0 Å². The van der Waals surface area contributed by atoms with Gasteiger partial charge in [-0.3, -0.25) is 0 Å². The van der Waals surface area contributed by atoms with Crippen LogP contribution in [0.4, 0.5) is 10.1 Å². The van der Waals surface area contributed by atoms with Crippen LogP contribution in [0.15, 0.2) is 59.5 Å². The number of thiazole rings is 1. The van der Waals surface area contributed by atoms with Crippen LogP contribution in [0.1, 0.15) is 16.3 Å². The van der Waals surface area contributed by atoms with Gasteiger partial charge < -0.3 is 14.4 Å². The minimum absolute atomic E-state index is 0.0511. The lowest BCUT2D eigenvalue weighted by atomic mass is 10.1. The van der Waals surface area contributed by atoms with Gasteiger partial charge in [0.25, 0.3) is 0 Å². The molecule has 3 rings (SSSR count). The van der Waals surface area contributed by atoms with E-state index in [1.54, 1.807) is 5.38 Å². The summed E-state index contributed by atoms with van der Waals surface area (Å²) in [6.07, 6.45) is 1.49. The summed E-state index contributed by atoms with van der Waals surface area (Å²) in [6, 6.07) is 15.0. The molecule has 2 aromatic carbocycles. The second-order valence-electron chi connectivity index (χ2n) is 6.71. The number of nitrogens with zero attached hydrogens (tertiary/aromatic N) is 3. The van der Waals surface area contributed by atoms with E-state index in [1.807, 2.05) is 49.3 Å². The summed E-state index contributed by atoms with van der Waals surface area (Å²) in [5.41, 5.74) is 2.21. The number of aromatic nitrogens is 1. The van der Waals surface area contributed by atoms with Crippen LogP contribution in [0, 0.1) is 17.1 Å². The molecule has 158 valence electrons. The van der Waals surface area contributed by atoms with Crippen LogP contribution in [-0.2, 0) is 22.7 Å². The maximum atomic E-state index is 12.9. The third-order valence-electron chi connectivity index (χ3n) is 4.19. The molecule has 0 unspecified atom stereocenters. The molecule has 0 radical (unpaired) electrons. The van der Waals surface area contributed by atoms with Crippen LogP contribution < -0.4 is 9.64 Å². The molecule has 0 aliphatic rings. The Morgan fingerprint density at radius 3 is 2.52 bits per heavy atom. The molecule has 0 aliphatic carbocycles. The van der Waals surface area contributed by atoms with Crippen LogP contribution in [-0.4, -0.2) is 25.0 Å². The molecule has 0 aliphatic heterocycles. The van der Waals surface area contributed by atoms with Crippen molar-refractivity contribution in [2.24, 2.45) is 0 Å². The van der Waals surface area contributed by atoms with Crippen molar-refractivity contribution in [2.45, 2.75) is 13.2 Å². The minimum atomic E-state index is -0.712. The summed E-state index contributed by atoms with van der Waals surface area (Å²) >= 11 is 1.36. The van der Waals surface area contributed by atoms with Gasteiger partial charge in [-0.15, -0.1) is 11.3 Å². The van der Waals surface area contributed by atoms with Crippen LogP contribution in [0.3, 0.4) is 0 Å². The highest BCUT2D eigenvalue weighted by molar-refractivity contribution is 7.09. The number of hydrogen-bond donors (Lipinski definition) is 0. The molecule has 0 amide bonds. The average molecular weight is 437 g/mol. The monoisotopic (exact) mass is 437 g/mol. The number of halogens is 1. The lowest BCUT2D eigenvalue weighted by Gasteiger charge is -2.11. The second-order valence-corrected chi connectivity index (χ2v) is 7.65. The van der Waals surface area contributed by atoms with Gasteiger partial charge in [-0.25, -0.2) is 14.2 Å². The molecule has 0 bridgehead atoms. The number of esters is 1. The Hall–Kier alpha value is -3.70. The Kier molecular flexibility index (Phi) is 7.35. The fourth-order valence-corrected chi connectivity index (χ4v) is 3.24. The first-order valence-corrected chi connectivity index (χ1v) is 10.2. The van der Waals surface area contributed by atoms with Gasteiger partial charge in [0, 0.05) is 25.2 Å². The molecule has 1 heterocycles. The third kappa shape index (κ3) is 6.39. The number of carbonyl (C=O) groups excluding carboxylic acids is 1. The quantitative estimate of drug-likeness (QED) is 0.292. The number of ether oxygens (including phenoxy) is 2. The summed E-state index contributed by atoms with van der Waals surface area (Å²) < 4.78 is 23.7. The zero-order chi connectivity index (χ0) is 22.2. The predicted octanol–water partition coefficient (Wildman–Crippen LogP) is 4.58. The standard InChI is InChI=1S/C23H20FN3O3S/c1-27(2)20-7-3-16(4-8-20)11-17(12-25)23(28)30-13-19-15-31-22(26-19)14-29-21-9-5-18(24)6-10-21/h3-11,15H,13-14H2,1-2H3/b17-11+. The van der Waals surface area contributed by atoms with Crippen LogP contribution in [0.2, 0.25) is 0 Å². The smallest absolute Gasteiger partial charge is 0.349 e. The van der Waals surface area contributed by atoms with E-state index in [0.29, 0.717) is 16.5 Å². The molecule has 1 aromatic heterocycles. The topological polar surface area (TPSA) is 75.5 Å². The Labute approximate surface area is 183 Å². The van der Waals surface area contributed by atoms with Crippen molar-refractivity contribution in [3.8, 4) is 11.8 Å². The van der Waals surface area contributed by atoms with Gasteiger partial charge >= 0.3 is 5.97 Å². The van der Waals surface area contributed by atoms with E-state index in [1.165, 1.54) is 41.7 Å². The zero-order valence-corrected chi connectivity index (χ0v) is 17.9. The van der Waals surface area contributed by atoms with Crippen molar-refractivity contribution in [1.82, 2.24) is 4.98 Å². The molecular weight excluding hydrogens is 417 g/mol. The van der Waals surface area contributed by atoms with Gasteiger partial charge in [-0.05, 0) is 48.0 Å². The van der Waals surface area contributed by atoms with Gasteiger partial charge in [0.2, 0.25) is 0 Å². The normalized spacial score (nSPS) is 11.0. The molecule has 0 fully saturated rings. The van der Waals surface area contributed by atoms with Gasteiger partial charge in [-0.1, -0.05) is 12.1 Å². The third-order valence-corrected chi connectivity index (χ3v) is 5.06. The zero-order valence-electron chi connectivity index (χ0n) is 17.0. The predicted molar refractivity (Wildman–Crippen MR) is 117 cm³/mol. The van der Waals surface area contributed by atoms with Gasteiger partial charge in [0.1, 0.15) is 41.4 Å². The van der Waals surface area contributed by atoms with Crippen LogP contribution in [0.5, 0.6) is 5.75 Å². The van der Waals surface area contributed by atoms with E-state index in [9.17, 15) is 14.4 Å². The maximum Gasteiger partial charge on any atom is 0.349 e. The van der Waals surface area contributed by atoms with Crippen molar-refractivity contribution in [1.29, 1.82) is 5.26 Å². The van der Waals surface area contributed by atoms with Crippen molar-refractivity contribution >= 4 is 29.1 Å². The van der Waals surface area contributed by atoms with Crippen LogP contribution in [0.25, 0.3) is 6.08 Å². The van der Waals surface area contributed by atoms with E-state index in [4.69, 9.17) is 9.47 Å². The summed E-state index contributed by atoms with van der Waals surface area (Å²) in [4.78, 5) is 18.6. The van der Waals surface area contributed by atoms with Gasteiger partial charge in [0.15, 0.2) is 0 Å². The van der Waals surface area contributed by atoms with Gasteiger partial charge in [-0.2, -0.15) is 5.26 Å². The molecule has 0 saturated carbocycles. The number of anilines is 1. The first kappa shape index (κ1) is 22.0. The summed E-state index contributed by atoms with van der Waals surface area (Å²) in [6.45, 7) is 0.168. The molecule has 0 N–H and O–H groups in total. The fourth-order valence-electron chi connectivity index (χ4n) is 2.55. The van der Waals surface area contributed by atoms with E-state index in [2.05, 4.69) is 4.98 Å². The van der Waals surface area contributed by atoms with Crippen molar-refractivity contribution in [3.05, 3.63) is 81.6 Å². The molecular formula is C23H20FN3O3S. The molecule has 0 saturated heterocycles. The number of hydrogen-bond acceptors (Lipinski definition) is 7. The lowest BCUT2D eigenvalue weighted by Crippen LogP contribution is -2.08. The largest absolute Gasteiger partial charge is 0.486 e. The van der Waals surface area contributed by atoms with E-state index in [0.717, 1.165) is 11.3 Å². The summed E-state index contributed by atoms with van der Waals surface area (Å²) in [5, 5.41) is 11.8. The Bertz CT molecular complexity index is 1100. The van der Waals surface area contributed by atoms with Gasteiger partial charge in [0.05, 0.1) is 5.69 Å². The lowest BCUT2D eigenvalue weighted by molar-refractivity contribution is -0.139. The van der Waals surface area contributed by atoms with Crippen LogP contribution >= 0.6 is 11.3 Å². The Balaban J connectivity index is 1.54. The molecule has 31 heavy (non-hydrogen) atoms. The molecule has 3 aromatic rings. The highest BCUT2D eigenvalue weighted by atomic mass is 32.1. The Morgan fingerprint density at radius 1 is 1.16 bits per heavy atom. The van der Waals surface area contributed by atoms with E-state index in [-0.39, 0.29) is 24.6 Å². The second kappa shape index (κ2) is 10.4. The minimum Gasteiger partial charge on any atom is -0.486 e. The Morgan fingerprint density at radius 2 is 1.87 bits per heavy atom. The molecule has 8 heteroatoms. The SMILES string of the molecule is CN(C)c1ccc(/C=C(\C#N)C(=O)OCc2csc(COc3ccc(F)cc3)n2)cc1. The van der Waals surface area contributed by atoms with Crippen molar-refractivity contribution < 1.29 is 18.7 Å². The fraction of sp³-hybridized carbons (Fsp3) is 0.174. The molecule has 6 nitrogen and oxygen atoms in total. The number of rotatable bonds is 8. The number of nitriles is 1. The highest BCUT2D eigenvalue weighted by Gasteiger charge is 2.13. The van der Waals surface area contributed by atoms with E-state index < -0.39 is 5.97 Å².